The minimum Gasteiger partial charge on any atom is -0.486 e. The first-order valence-corrected chi connectivity index (χ1v) is 6.52. The van der Waals surface area contributed by atoms with Gasteiger partial charge in [-0.2, -0.15) is 0 Å². The first-order chi connectivity index (χ1) is 9.78. The molecule has 0 unspecified atom stereocenters. The van der Waals surface area contributed by atoms with E-state index in [1.165, 1.54) is 38.1 Å². The van der Waals surface area contributed by atoms with Crippen LogP contribution in [0.2, 0.25) is 0 Å². The molecule has 1 aromatic rings. The molecule has 0 aromatic heterocycles. The fourth-order valence-electron chi connectivity index (χ4n) is 1.47. The summed E-state index contributed by atoms with van der Waals surface area (Å²) in [4.78, 5) is 34.6. The van der Waals surface area contributed by atoms with Crippen LogP contribution in [0, 0.1) is 5.41 Å². The highest BCUT2D eigenvalue weighted by Crippen LogP contribution is 2.20. The number of esters is 1. The third-order valence-corrected chi connectivity index (χ3v) is 2.99. The summed E-state index contributed by atoms with van der Waals surface area (Å²) in [6.45, 7) is 4.61. The second kappa shape index (κ2) is 6.88. The van der Waals surface area contributed by atoms with E-state index < -0.39 is 17.3 Å². The average Bonchev–Trinajstić information content (AvgIpc) is 2.45. The van der Waals surface area contributed by atoms with Gasteiger partial charge < -0.3 is 15.2 Å². The van der Waals surface area contributed by atoms with Crippen LogP contribution in [0.5, 0.6) is 5.75 Å². The van der Waals surface area contributed by atoms with Crippen LogP contribution in [0.1, 0.15) is 31.1 Å². The van der Waals surface area contributed by atoms with Crippen LogP contribution in [0.4, 0.5) is 0 Å². The van der Waals surface area contributed by atoms with Gasteiger partial charge in [-0.1, -0.05) is 0 Å². The van der Waals surface area contributed by atoms with Crippen molar-refractivity contribution < 1.29 is 23.9 Å². The summed E-state index contributed by atoms with van der Waals surface area (Å²) in [5.74, 6) is -1.10. The fraction of sp³-hybridized carbons (Fsp3) is 0.400. The lowest BCUT2D eigenvalue weighted by Crippen LogP contribution is -2.38. The number of amides is 1. The molecule has 6 nitrogen and oxygen atoms in total. The molecule has 0 aliphatic rings. The molecule has 1 amide bonds. The molecule has 6 heteroatoms. The number of benzene rings is 1. The van der Waals surface area contributed by atoms with Gasteiger partial charge in [0.25, 0.3) is 0 Å². The van der Waals surface area contributed by atoms with Gasteiger partial charge in [-0.3, -0.25) is 14.4 Å². The predicted molar refractivity (Wildman–Crippen MR) is 75.9 cm³/mol. The molecule has 114 valence electrons. The zero-order chi connectivity index (χ0) is 16.0. The van der Waals surface area contributed by atoms with Gasteiger partial charge in [-0.15, -0.1) is 0 Å². The van der Waals surface area contributed by atoms with Crippen molar-refractivity contribution in [1.29, 1.82) is 0 Å². The first kappa shape index (κ1) is 16.7. The number of carbonyl (C=O) groups excluding carboxylic acids is 3. The Labute approximate surface area is 123 Å². The van der Waals surface area contributed by atoms with Crippen molar-refractivity contribution in [2.24, 2.45) is 11.1 Å². The van der Waals surface area contributed by atoms with Gasteiger partial charge in [-0.25, -0.2) is 0 Å². The number of rotatable bonds is 7. The van der Waals surface area contributed by atoms with Crippen molar-refractivity contribution in [3.05, 3.63) is 29.8 Å². The van der Waals surface area contributed by atoms with Gasteiger partial charge in [0.05, 0.1) is 6.61 Å². The third kappa shape index (κ3) is 4.30. The van der Waals surface area contributed by atoms with Gasteiger partial charge >= 0.3 is 5.97 Å². The van der Waals surface area contributed by atoms with Gasteiger partial charge in [0.15, 0.2) is 5.78 Å². The van der Waals surface area contributed by atoms with Crippen LogP contribution in [-0.4, -0.2) is 30.9 Å². The van der Waals surface area contributed by atoms with E-state index in [1.54, 1.807) is 6.92 Å². The number of hydrogen-bond acceptors (Lipinski definition) is 5. The van der Waals surface area contributed by atoms with E-state index in [9.17, 15) is 14.4 Å². The predicted octanol–water partition coefficient (Wildman–Crippen LogP) is 1.32. The number of nitrogens with two attached hydrogens (primary N) is 1. The van der Waals surface area contributed by atoms with Crippen LogP contribution in [0.25, 0.3) is 0 Å². The molecule has 0 bridgehead atoms. The highest BCUT2D eigenvalue weighted by atomic mass is 16.5. The number of ketones is 1. The monoisotopic (exact) mass is 293 g/mol. The number of ether oxygens (including phenoxy) is 2. The number of primary amides is 1. The van der Waals surface area contributed by atoms with E-state index in [2.05, 4.69) is 0 Å². The number of Topliss-reactive ketones (excluding diaryl/α,β-unsaturated/α-hetero) is 1. The van der Waals surface area contributed by atoms with E-state index >= 15 is 0 Å². The highest BCUT2D eigenvalue weighted by molar-refractivity contribution is 6.03. The topological polar surface area (TPSA) is 95.7 Å². The van der Waals surface area contributed by atoms with Crippen molar-refractivity contribution in [3.63, 3.8) is 0 Å². The first-order valence-electron chi connectivity index (χ1n) is 6.52. The van der Waals surface area contributed by atoms with Gasteiger partial charge in [0, 0.05) is 5.56 Å². The summed E-state index contributed by atoms with van der Waals surface area (Å²) in [6.07, 6.45) is 0. The van der Waals surface area contributed by atoms with E-state index in [1.807, 2.05) is 0 Å². The van der Waals surface area contributed by atoms with E-state index in [-0.39, 0.29) is 19.0 Å². The highest BCUT2D eigenvalue weighted by Gasteiger charge is 2.37. The van der Waals surface area contributed by atoms with Crippen molar-refractivity contribution in [2.75, 3.05) is 13.2 Å². The smallest absolute Gasteiger partial charge is 0.319 e. The lowest BCUT2D eigenvalue weighted by molar-refractivity contribution is -0.158. The molecular formula is C15H19NO5. The molecule has 1 rings (SSSR count). The maximum Gasteiger partial charge on any atom is 0.319 e. The molecule has 0 radical (unpaired) electrons. The average molecular weight is 293 g/mol. The molecule has 21 heavy (non-hydrogen) atoms. The van der Waals surface area contributed by atoms with Crippen molar-refractivity contribution >= 4 is 17.7 Å². The second-order valence-corrected chi connectivity index (χ2v) is 4.95. The summed E-state index contributed by atoms with van der Waals surface area (Å²) in [5.41, 5.74) is 4.21. The summed E-state index contributed by atoms with van der Waals surface area (Å²) in [6, 6.07) is 6.06. The SMILES string of the molecule is CCOC(=O)C(C)(C)C(=O)COc1ccc(C(N)=O)cc1. The Balaban J connectivity index is 2.64. The van der Waals surface area contributed by atoms with Crippen molar-refractivity contribution in [2.45, 2.75) is 20.8 Å². The Bertz CT molecular complexity index is 533. The minimum absolute atomic E-state index is 0.213. The molecule has 0 heterocycles. The molecule has 0 atom stereocenters. The third-order valence-electron chi connectivity index (χ3n) is 2.99. The summed E-state index contributed by atoms with van der Waals surface area (Å²) in [7, 11) is 0. The molecule has 2 N–H and O–H groups in total. The molecule has 0 saturated heterocycles. The van der Waals surface area contributed by atoms with Crippen LogP contribution in [0.15, 0.2) is 24.3 Å². The Morgan fingerprint density at radius 2 is 1.71 bits per heavy atom. The van der Waals surface area contributed by atoms with Crippen molar-refractivity contribution in [3.8, 4) is 5.75 Å². The fourth-order valence-corrected chi connectivity index (χ4v) is 1.47. The second-order valence-electron chi connectivity index (χ2n) is 4.95. The number of carbonyl (C=O) groups is 3. The van der Waals surface area contributed by atoms with Gasteiger partial charge in [0.1, 0.15) is 17.8 Å². The lowest BCUT2D eigenvalue weighted by atomic mass is 9.88. The normalized spacial score (nSPS) is 10.8. The Morgan fingerprint density at radius 3 is 2.19 bits per heavy atom. The van der Waals surface area contributed by atoms with Crippen LogP contribution >= 0.6 is 0 Å². The van der Waals surface area contributed by atoms with Crippen molar-refractivity contribution in [1.82, 2.24) is 0 Å². The molecule has 0 aliphatic heterocycles. The summed E-state index contributed by atoms with van der Waals surface area (Å²) < 4.78 is 10.2. The van der Waals surface area contributed by atoms with E-state index in [0.717, 1.165) is 0 Å². The Morgan fingerprint density at radius 1 is 1.14 bits per heavy atom. The van der Waals surface area contributed by atoms with E-state index in [4.69, 9.17) is 15.2 Å². The molecular weight excluding hydrogens is 274 g/mol. The summed E-state index contributed by atoms with van der Waals surface area (Å²) >= 11 is 0. The molecule has 1 aromatic carbocycles. The summed E-state index contributed by atoms with van der Waals surface area (Å²) in [5, 5.41) is 0. The zero-order valence-electron chi connectivity index (χ0n) is 12.3. The largest absolute Gasteiger partial charge is 0.486 e. The quantitative estimate of drug-likeness (QED) is 0.604. The maximum absolute atomic E-state index is 12.0. The zero-order valence-corrected chi connectivity index (χ0v) is 12.3. The van der Waals surface area contributed by atoms with Gasteiger partial charge in [-0.05, 0) is 45.0 Å². The molecule has 0 spiro atoms. The number of hydrogen-bond donors (Lipinski definition) is 1. The van der Waals surface area contributed by atoms with Crippen LogP contribution in [0.3, 0.4) is 0 Å². The Hall–Kier alpha value is -2.37. The van der Waals surface area contributed by atoms with E-state index in [0.29, 0.717) is 11.3 Å². The standard InChI is InChI=1S/C15H19NO5/c1-4-20-14(19)15(2,3)12(17)9-21-11-7-5-10(6-8-11)13(16)18/h5-8H,4,9H2,1-3H3,(H2,16,18). The van der Waals surface area contributed by atoms with Gasteiger partial charge in [0.2, 0.25) is 5.91 Å². The molecule has 0 fully saturated rings. The maximum atomic E-state index is 12.0. The lowest BCUT2D eigenvalue weighted by Gasteiger charge is -2.20. The van der Waals surface area contributed by atoms with Crippen LogP contribution in [-0.2, 0) is 14.3 Å². The minimum atomic E-state index is -1.26. The molecule has 0 saturated carbocycles. The van der Waals surface area contributed by atoms with Crippen LogP contribution < -0.4 is 10.5 Å². The Kier molecular flexibility index (Phi) is 5.46. The molecule has 0 aliphatic carbocycles.